The minimum Gasteiger partial charge on any atom is -0.311 e. The number of rotatable bonds is 2. The van der Waals surface area contributed by atoms with Crippen molar-refractivity contribution in [3.8, 4) is 0 Å². The van der Waals surface area contributed by atoms with Gasteiger partial charge in [0.1, 0.15) is 11.6 Å². The lowest BCUT2D eigenvalue weighted by molar-refractivity contribution is -0.136. The van der Waals surface area contributed by atoms with Crippen molar-refractivity contribution in [2.75, 3.05) is 18.0 Å². The van der Waals surface area contributed by atoms with Gasteiger partial charge in [0, 0.05) is 18.8 Å². The molecule has 3 saturated heterocycles. The standard InChI is InChI=1S/C17H19N3O3/c1-17-9-5-10-19(17)16(23)20(15(17)22)13-8-11-18(14(13)21)12-6-3-2-4-7-12/h2-4,6-7,13H,5,8-11H2,1H3. The topological polar surface area (TPSA) is 60.9 Å². The molecule has 3 aliphatic heterocycles. The van der Waals surface area contributed by atoms with E-state index in [0.717, 1.165) is 12.1 Å². The number of hydrogen-bond donors (Lipinski definition) is 0. The second-order valence-corrected chi connectivity index (χ2v) is 6.62. The fourth-order valence-corrected chi connectivity index (χ4v) is 4.01. The zero-order chi connectivity index (χ0) is 16.2. The number of para-hydroxylation sites is 1. The molecule has 4 rings (SSSR count). The van der Waals surface area contributed by atoms with Gasteiger partial charge in [-0.15, -0.1) is 0 Å². The molecule has 2 atom stereocenters. The van der Waals surface area contributed by atoms with Gasteiger partial charge in [0.2, 0.25) is 5.91 Å². The molecule has 120 valence electrons. The van der Waals surface area contributed by atoms with Crippen molar-refractivity contribution < 1.29 is 14.4 Å². The third-order valence-corrected chi connectivity index (χ3v) is 5.31. The van der Waals surface area contributed by atoms with E-state index in [9.17, 15) is 14.4 Å². The van der Waals surface area contributed by atoms with E-state index in [4.69, 9.17) is 0 Å². The summed E-state index contributed by atoms with van der Waals surface area (Å²) in [6.07, 6.45) is 2.02. The number of benzene rings is 1. The van der Waals surface area contributed by atoms with E-state index in [1.54, 1.807) is 9.80 Å². The highest BCUT2D eigenvalue weighted by Crippen LogP contribution is 2.39. The van der Waals surface area contributed by atoms with Crippen LogP contribution in [0.1, 0.15) is 26.2 Å². The first kappa shape index (κ1) is 14.2. The van der Waals surface area contributed by atoms with Crippen molar-refractivity contribution in [3.63, 3.8) is 0 Å². The highest BCUT2D eigenvalue weighted by atomic mass is 16.2. The lowest BCUT2D eigenvalue weighted by Gasteiger charge is -2.23. The summed E-state index contributed by atoms with van der Waals surface area (Å²) in [4.78, 5) is 42.7. The predicted molar refractivity (Wildman–Crippen MR) is 83.8 cm³/mol. The molecule has 1 aromatic rings. The fourth-order valence-electron chi connectivity index (χ4n) is 4.01. The third-order valence-electron chi connectivity index (χ3n) is 5.31. The van der Waals surface area contributed by atoms with Gasteiger partial charge in [-0.25, -0.2) is 9.69 Å². The largest absolute Gasteiger partial charge is 0.328 e. The molecule has 3 heterocycles. The third kappa shape index (κ3) is 1.84. The van der Waals surface area contributed by atoms with Crippen LogP contribution in [0.4, 0.5) is 10.5 Å². The van der Waals surface area contributed by atoms with Crippen LogP contribution >= 0.6 is 0 Å². The van der Waals surface area contributed by atoms with E-state index >= 15 is 0 Å². The number of amides is 4. The number of imide groups is 1. The lowest BCUT2D eigenvalue weighted by atomic mass is 9.99. The lowest BCUT2D eigenvalue weighted by Crippen LogP contribution is -2.47. The SMILES string of the molecule is CC12CCCN1C(=O)N(C1CCN(c3ccccc3)C1=O)C2=O. The molecule has 6 nitrogen and oxygen atoms in total. The van der Waals surface area contributed by atoms with Crippen molar-refractivity contribution in [3.05, 3.63) is 30.3 Å². The van der Waals surface area contributed by atoms with Gasteiger partial charge in [0.25, 0.3) is 5.91 Å². The van der Waals surface area contributed by atoms with Crippen LogP contribution in [0.2, 0.25) is 0 Å². The summed E-state index contributed by atoms with van der Waals surface area (Å²) < 4.78 is 0. The molecule has 0 bridgehead atoms. The molecule has 3 fully saturated rings. The zero-order valence-electron chi connectivity index (χ0n) is 13.1. The second-order valence-electron chi connectivity index (χ2n) is 6.62. The van der Waals surface area contributed by atoms with Crippen LogP contribution < -0.4 is 4.90 Å². The minimum absolute atomic E-state index is 0.164. The molecule has 1 aromatic carbocycles. The Balaban J connectivity index is 1.62. The number of carbonyl (C=O) groups excluding carboxylic acids is 3. The van der Waals surface area contributed by atoms with Gasteiger partial charge in [0.15, 0.2) is 0 Å². The Morgan fingerprint density at radius 1 is 1.09 bits per heavy atom. The van der Waals surface area contributed by atoms with E-state index in [-0.39, 0.29) is 17.8 Å². The monoisotopic (exact) mass is 313 g/mol. The van der Waals surface area contributed by atoms with E-state index in [1.165, 1.54) is 4.90 Å². The molecular formula is C17H19N3O3. The number of urea groups is 1. The van der Waals surface area contributed by atoms with Crippen molar-refractivity contribution in [2.24, 2.45) is 0 Å². The van der Waals surface area contributed by atoms with Crippen LogP contribution in [0.3, 0.4) is 0 Å². The molecule has 0 aliphatic carbocycles. The molecule has 0 radical (unpaired) electrons. The van der Waals surface area contributed by atoms with Gasteiger partial charge >= 0.3 is 6.03 Å². The summed E-state index contributed by atoms with van der Waals surface area (Å²) in [6.45, 7) is 2.94. The zero-order valence-corrected chi connectivity index (χ0v) is 13.1. The average Bonchev–Trinajstić information content (AvgIpc) is 3.17. The molecule has 4 amide bonds. The van der Waals surface area contributed by atoms with E-state index in [1.807, 2.05) is 37.3 Å². The van der Waals surface area contributed by atoms with Crippen LogP contribution in [-0.4, -0.2) is 52.3 Å². The summed E-state index contributed by atoms with van der Waals surface area (Å²) in [7, 11) is 0. The number of nitrogens with zero attached hydrogens (tertiary/aromatic N) is 3. The van der Waals surface area contributed by atoms with Gasteiger partial charge in [-0.2, -0.15) is 0 Å². The summed E-state index contributed by atoms with van der Waals surface area (Å²) in [6, 6.07) is 8.41. The summed E-state index contributed by atoms with van der Waals surface area (Å²) in [5.74, 6) is -0.379. The van der Waals surface area contributed by atoms with E-state index < -0.39 is 11.6 Å². The van der Waals surface area contributed by atoms with Gasteiger partial charge in [0.05, 0.1) is 0 Å². The molecule has 0 saturated carbocycles. The van der Waals surface area contributed by atoms with Gasteiger partial charge in [-0.3, -0.25) is 9.59 Å². The summed E-state index contributed by atoms with van der Waals surface area (Å²) in [5, 5.41) is 0. The number of fused-ring (bicyclic) bond motifs is 1. The predicted octanol–water partition coefficient (Wildman–Crippen LogP) is 1.61. The second kappa shape index (κ2) is 4.81. The van der Waals surface area contributed by atoms with Crippen molar-refractivity contribution in [1.82, 2.24) is 9.80 Å². The maximum Gasteiger partial charge on any atom is 0.328 e. The van der Waals surface area contributed by atoms with Crippen LogP contribution in [-0.2, 0) is 9.59 Å². The fraction of sp³-hybridized carbons (Fsp3) is 0.471. The highest BCUT2D eigenvalue weighted by molar-refractivity contribution is 6.12. The number of hydrogen-bond acceptors (Lipinski definition) is 3. The molecular weight excluding hydrogens is 294 g/mol. The van der Waals surface area contributed by atoms with E-state index in [0.29, 0.717) is 25.9 Å². The Bertz CT molecular complexity index is 690. The Morgan fingerprint density at radius 3 is 2.52 bits per heavy atom. The van der Waals surface area contributed by atoms with Crippen molar-refractivity contribution in [1.29, 1.82) is 0 Å². The minimum atomic E-state index is -0.752. The van der Waals surface area contributed by atoms with Gasteiger partial charge in [-0.1, -0.05) is 18.2 Å². The Hall–Kier alpha value is -2.37. The first-order chi connectivity index (χ1) is 11.0. The molecule has 23 heavy (non-hydrogen) atoms. The maximum atomic E-state index is 12.8. The maximum absolute atomic E-state index is 12.8. The Kier molecular flexibility index (Phi) is 2.98. The van der Waals surface area contributed by atoms with Crippen molar-refractivity contribution in [2.45, 2.75) is 37.8 Å². The molecule has 0 spiro atoms. The van der Waals surface area contributed by atoms with Gasteiger partial charge < -0.3 is 9.80 Å². The number of carbonyl (C=O) groups is 3. The van der Waals surface area contributed by atoms with Gasteiger partial charge in [-0.05, 0) is 38.3 Å². The molecule has 3 aliphatic rings. The first-order valence-corrected chi connectivity index (χ1v) is 8.06. The quantitative estimate of drug-likeness (QED) is 0.779. The number of anilines is 1. The van der Waals surface area contributed by atoms with E-state index in [2.05, 4.69) is 0 Å². The average molecular weight is 313 g/mol. The molecule has 0 aromatic heterocycles. The van der Waals surface area contributed by atoms with Crippen LogP contribution in [0, 0.1) is 0 Å². The summed E-state index contributed by atoms with van der Waals surface area (Å²) >= 11 is 0. The smallest absolute Gasteiger partial charge is 0.311 e. The Morgan fingerprint density at radius 2 is 1.83 bits per heavy atom. The molecule has 2 unspecified atom stereocenters. The summed E-state index contributed by atoms with van der Waals surface area (Å²) in [5.41, 5.74) is 0.0585. The first-order valence-electron chi connectivity index (χ1n) is 8.06. The van der Waals surface area contributed by atoms with Crippen LogP contribution in [0.15, 0.2) is 30.3 Å². The van der Waals surface area contributed by atoms with Crippen LogP contribution in [0.5, 0.6) is 0 Å². The molecule has 6 heteroatoms. The highest BCUT2D eigenvalue weighted by Gasteiger charge is 2.59. The van der Waals surface area contributed by atoms with Crippen LogP contribution in [0.25, 0.3) is 0 Å². The van der Waals surface area contributed by atoms with Crippen molar-refractivity contribution >= 4 is 23.5 Å². The normalized spacial score (nSPS) is 30.6. The molecule has 0 N–H and O–H groups in total. The Labute approximate surface area is 134 Å².